The maximum absolute atomic E-state index is 4.31. The number of benzene rings is 1. The van der Waals surface area contributed by atoms with E-state index in [1.807, 2.05) is 0 Å². The zero-order chi connectivity index (χ0) is 14.4. The summed E-state index contributed by atoms with van der Waals surface area (Å²) in [5, 5.41) is 15.0. The summed E-state index contributed by atoms with van der Waals surface area (Å²) in [6.07, 6.45) is 3.72. The monoisotopic (exact) mass is 283 g/mol. The Hall–Kier alpha value is -1.75. The normalized spacial score (nSPS) is 32.5. The summed E-state index contributed by atoms with van der Waals surface area (Å²) in [6, 6.07) is 10.2. The van der Waals surface area contributed by atoms with Crippen molar-refractivity contribution in [3.05, 3.63) is 41.2 Å². The van der Waals surface area contributed by atoms with Crippen molar-refractivity contribution in [3.8, 4) is 0 Å². The number of likely N-dealkylation sites (N-methyl/N-ethyl adjacent to an activating group) is 1. The molecular weight excluding hydrogens is 262 g/mol. The summed E-state index contributed by atoms with van der Waals surface area (Å²) in [5.74, 6) is 1.71. The van der Waals surface area contributed by atoms with Gasteiger partial charge in [-0.25, -0.2) is 0 Å². The highest BCUT2D eigenvalue weighted by molar-refractivity contribution is 5.30. The van der Waals surface area contributed by atoms with E-state index in [0.717, 1.165) is 5.82 Å². The van der Waals surface area contributed by atoms with Crippen LogP contribution in [-0.4, -0.2) is 44.7 Å². The summed E-state index contributed by atoms with van der Waals surface area (Å²) in [5.41, 5.74) is 2.73. The molecule has 4 atom stereocenters. The van der Waals surface area contributed by atoms with Gasteiger partial charge in [-0.15, -0.1) is 10.2 Å². The lowest BCUT2D eigenvalue weighted by Gasteiger charge is -2.42. The molecule has 0 aliphatic carbocycles. The van der Waals surface area contributed by atoms with E-state index >= 15 is 0 Å². The van der Waals surface area contributed by atoms with Gasteiger partial charge >= 0.3 is 0 Å². The number of hydrogen-bond acceptors (Lipinski definition) is 4. The van der Waals surface area contributed by atoms with E-state index in [9.17, 15) is 0 Å². The summed E-state index contributed by atoms with van der Waals surface area (Å²) in [7, 11) is 2.25. The minimum atomic E-state index is 0.343. The molecule has 110 valence electrons. The van der Waals surface area contributed by atoms with Crippen molar-refractivity contribution in [1.82, 2.24) is 25.5 Å². The van der Waals surface area contributed by atoms with Crippen LogP contribution in [0.1, 0.15) is 48.0 Å². The van der Waals surface area contributed by atoms with Crippen molar-refractivity contribution < 1.29 is 0 Å². The summed E-state index contributed by atoms with van der Waals surface area (Å²) < 4.78 is 0. The predicted octanol–water partition coefficient (Wildman–Crippen LogP) is 2.24. The Balaban J connectivity index is 1.75. The Morgan fingerprint density at radius 3 is 2.71 bits per heavy atom. The molecule has 1 aromatic heterocycles. The van der Waals surface area contributed by atoms with Crippen molar-refractivity contribution in [2.24, 2.45) is 0 Å². The van der Waals surface area contributed by atoms with Crippen LogP contribution in [0.3, 0.4) is 0 Å². The van der Waals surface area contributed by atoms with E-state index in [0.29, 0.717) is 23.9 Å². The van der Waals surface area contributed by atoms with E-state index in [1.54, 1.807) is 0 Å². The van der Waals surface area contributed by atoms with Gasteiger partial charge in [0.2, 0.25) is 0 Å². The van der Waals surface area contributed by atoms with Crippen LogP contribution in [0, 0.1) is 6.92 Å². The predicted molar refractivity (Wildman–Crippen MR) is 80.0 cm³/mol. The number of nitrogens with one attached hydrogen (secondary N) is 1. The molecule has 2 bridgehead atoms. The SMILES string of the molecule is Cc1ccc([C@H]2C[C@@H]3CC[C@H]([C@H]2c2nn[nH]n2)N3C)cc1. The number of aryl methyl sites for hydroxylation is 1. The van der Waals surface area contributed by atoms with Crippen molar-refractivity contribution in [2.45, 2.75) is 50.1 Å². The van der Waals surface area contributed by atoms with E-state index in [1.165, 1.54) is 30.4 Å². The minimum absolute atomic E-state index is 0.343. The summed E-state index contributed by atoms with van der Waals surface area (Å²) in [4.78, 5) is 2.53. The Morgan fingerprint density at radius 1 is 1.19 bits per heavy atom. The second-order valence-corrected chi connectivity index (χ2v) is 6.51. The van der Waals surface area contributed by atoms with E-state index < -0.39 is 0 Å². The van der Waals surface area contributed by atoms with Crippen molar-refractivity contribution >= 4 is 0 Å². The zero-order valence-electron chi connectivity index (χ0n) is 12.5. The lowest BCUT2D eigenvalue weighted by molar-refractivity contribution is 0.133. The van der Waals surface area contributed by atoms with Gasteiger partial charge < -0.3 is 0 Å². The van der Waals surface area contributed by atoms with Crippen LogP contribution >= 0.6 is 0 Å². The zero-order valence-corrected chi connectivity index (χ0v) is 12.5. The summed E-state index contributed by atoms with van der Waals surface area (Å²) >= 11 is 0. The van der Waals surface area contributed by atoms with Gasteiger partial charge in [0.15, 0.2) is 5.82 Å². The molecule has 21 heavy (non-hydrogen) atoms. The molecule has 1 N–H and O–H groups in total. The number of rotatable bonds is 2. The van der Waals surface area contributed by atoms with Gasteiger partial charge in [-0.3, -0.25) is 4.90 Å². The maximum Gasteiger partial charge on any atom is 0.179 e. The van der Waals surface area contributed by atoms with Crippen LogP contribution in [0.5, 0.6) is 0 Å². The molecular formula is C16H21N5. The molecule has 2 saturated heterocycles. The number of aromatic amines is 1. The van der Waals surface area contributed by atoms with Crippen LogP contribution in [0.2, 0.25) is 0 Å². The second kappa shape index (κ2) is 4.91. The fourth-order valence-corrected chi connectivity index (χ4v) is 4.29. The topological polar surface area (TPSA) is 57.7 Å². The van der Waals surface area contributed by atoms with Gasteiger partial charge in [0.05, 0.1) is 0 Å². The lowest BCUT2D eigenvalue weighted by atomic mass is 9.75. The molecule has 0 saturated carbocycles. The highest BCUT2D eigenvalue weighted by Gasteiger charge is 2.48. The van der Waals surface area contributed by atoms with E-state index in [-0.39, 0.29) is 0 Å². The Labute approximate surface area is 124 Å². The number of piperidine rings is 1. The van der Waals surface area contributed by atoms with Gasteiger partial charge in [0.25, 0.3) is 0 Å². The van der Waals surface area contributed by atoms with Gasteiger partial charge in [-0.05, 0) is 44.7 Å². The number of hydrogen-bond donors (Lipinski definition) is 1. The third kappa shape index (κ3) is 2.07. The first-order chi connectivity index (χ1) is 10.2. The molecule has 1 aromatic carbocycles. The number of aromatic nitrogens is 4. The average molecular weight is 283 g/mol. The molecule has 3 heterocycles. The Bertz CT molecular complexity index is 606. The van der Waals surface area contributed by atoms with Crippen LogP contribution in [-0.2, 0) is 0 Å². The first kappa shape index (κ1) is 13.0. The van der Waals surface area contributed by atoms with Crippen molar-refractivity contribution in [2.75, 3.05) is 7.05 Å². The van der Waals surface area contributed by atoms with Crippen LogP contribution < -0.4 is 0 Å². The Kier molecular flexibility index (Phi) is 3.03. The number of tetrazole rings is 1. The molecule has 0 radical (unpaired) electrons. The smallest absolute Gasteiger partial charge is 0.179 e. The standard InChI is InChI=1S/C16H21N5/c1-10-3-5-11(6-4-10)13-9-12-7-8-14(21(12)2)15(13)16-17-19-20-18-16/h3-6,12-15H,7-9H2,1-2H3,(H,17,18,19,20)/t12-,13+,14+,15-/m0/s1. The van der Waals surface area contributed by atoms with Gasteiger partial charge in [0, 0.05) is 18.0 Å². The van der Waals surface area contributed by atoms with Crippen LogP contribution in [0.25, 0.3) is 0 Å². The summed E-state index contributed by atoms with van der Waals surface area (Å²) in [6.45, 7) is 2.14. The molecule has 2 aliphatic rings. The molecule has 0 unspecified atom stereocenters. The van der Waals surface area contributed by atoms with Crippen LogP contribution in [0.15, 0.2) is 24.3 Å². The molecule has 2 aliphatic heterocycles. The highest BCUT2D eigenvalue weighted by Crippen LogP contribution is 2.49. The average Bonchev–Trinajstić information content (AvgIpc) is 3.08. The largest absolute Gasteiger partial charge is 0.300 e. The first-order valence-corrected chi connectivity index (χ1v) is 7.76. The third-order valence-electron chi connectivity index (χ3n) is 5.43. The maximum atomic E-state index is 4.31. The second-order valence-electron chi connectivity index (χ2n) is 6.51. The van der Waals surface area contributed by atoms with E-state index in [4.69, 9.17) is 0 Å². The molecule has 5 nitrogen and oxygen atoms in total. The number of fused-ring (bicyclic) bond motifs is 2. The molecule has 2 aromatic rings. The first-order valence-electron chi connectivity index (χ1n) is 7.76. The highest BCUT2D eigenvalue weighted by atomic mass is 15.5. The third-order valence-corrected chi connectivity index (χ3v) is 5.43. The molecule has 5 heteroatoms. The van der Waals surface area contributed by atoms with Gasteiger partial charge in [-0.2, -0.15) is 5.21 Å². The Morgan fingerprint density at radius 2 is 2.00 bits per heavy atom. The molecule has 4 rings (SSSR count). The van der Waals surface area contributed by atoms with Gasteiger partial charge in [-0.1, -0.05) is 35.0 Å². The van der Waals surface area contributed by atoms with Crippen molar-refractivity contribution in [1.29, 1.82) is 0 Å². The number of nitrogens with zero attached hydrogens (tertiary/aromatic N) is 4. The quantitative estimate of drug-likeness (QED) is 0.918. The number of H-pyrrole nitrogens is 1. The van der Waals surface area contributed by atoms with Gasteiger partial charge in [0.1, 0.15) is 0 Å². The fourth-order valence-electron chi connectivity index (χ4n) is 4.29. The minimum Gasteiger partial charge on any atom is -0.300 e. The van der Waals surface area contributed by atoms with Crippen molar-refractivity contribution in [3.63, 3.8) is 0 Å². The lowest BCUT2D eigenvalue weighted by Crippen LogP contribution is -2.44. The molecule has 0 amide bonds. The van der Waals surface area contributed by atoms with Crippen LogP contribution in [0.4, 0.5) is 0 Å². The fraction of sp³-hybridized carbons (Fsp3) is 0.562. The molecule has 0 spiro atoms. The van der Waals surface area contributed by atoms with E-state index in [2.05, 4.69) is 63.8 Å². The molecule has 2 fully saturated rings.